The number of nitrogens with two attached hydrogens (primary N) is 1. The third-order valence-electron chi connectivity index (χ3n) is 1.93. The van der Waals surface area contributed by atoms with E-state index in [4.69, 9.17) is 5.73 Å². The first-order valence-corrected chi connectivity index (χ1v) is 4.23. The van der Waals surface area contributed by atoms with Gasteiger partial charge >= 0.3 is 0 Å². The predicted octanol–water partition coefficient (Wildman–Crippen LogP) is 1.88. The van der Waals surface area contributed by atoms with Crippen molar-refractivity contribution >= 4 is 5.91 Å². The zero-order valence-corrected chi connectivity index (χ0v) is 8.22. The van der Waals surface area contributed by atoms with Crippen molar-refractivity contribution in [3.05, 3.63) is 35.4 Å². The molecular formula is C11H14NO. The Kier molecular flexibility index (Phi) is 2.41. The summed E-state index contributed by atoms with van der Waals surface area (Å²) in [4.78, 5) is 10.9. The minimum Gasteiger partial charge on any atom is -0.366 e. The Morgan fingerprint density at radius 1 is 1.46 bits per heavy atom. The molecule has 0 bridgehead atoms. The highest BCUT2D eigenvalue weighted by Gasteiger charge is 2.14. The second-order valence-electron chi connectivity index (χ2n) is 4.11. The van der Waals surface area contributed by atoms with Crippen molar-refractivity contribution < 1.29 is 4.79 Å². The van der Waals surface area contributed by atoms with E-state index in [1.165, 1.54) is 0 Å². The van der Waals surface area contributed by atoms with Gasteiger partial charge in [-0.1, -0.05) is 32.9 Å². The highest BCUT2D eigenvalue weighted by Crippen LogP contribution is 2.22. The van der Waals surface area contributed by atoms with E-state index >= 15 is 0 Å². The van der Waals surface area contributed by atoms with Crippen LogP contribution in [-0.2, 0) is 5.41 Å². The SMILES string of the molecule is CC(C)(C)c1cc[c]c(C(N)=O)c1. The molecule has 0 aliphatic carbocycles. The number of carbonyl (C=O) groups excluding carboxylic acids is 1. The van der Waals surface area contributed by atoms with E-state index < -0.39 is 5.91 Å². The highest BCUT2D eigenvalue weighted by atomic mass is 16.1. The molecule has 2 nitrogen and oxygen atoms in total. The number of primary amides is 1. The van der Waals surface area contributed by atoms with Crippen LogP contribution >= 0.6 is 0 Å². The van der Waals surface area contributed by atoms with Crippen molar-refractivity contribution in [1.82, 2.24) is 0 Å². The summed E-state index contributed by atoms with van der Waals surface area (Å²) in [6.45, 7) is 6.27. The zero-order valence-electron chi connectivity index (χ0n) is 8.22. The summed E-state index contributed by atoms with van der Waals surface area (Å²) in [6, 6.07) is 8.29. The fraction of sp³-hybridized carbons (Fsp3) is 0.364. The lowest BCUT2D eigenvalue weighted by atomic mass is 9.86. The van der Waals surface area contributed by atoms with Crippen LogP contribution in [0.4, 0.5) is 0 Å². The largest absolute Gasteiger partial charge is 0.366 e. The molecule has 13 heavy (non-hydrogen) atoms. The van der Waals surface area contributed by atoms with E-state index in [0.717, 1.165) is 5.56 Å². The van der Waals surface area contributed by atoms with Crippen molar-refractivity contribution in [2.75, 3.05) is 0 Å². The molecule has 1 radical (unpaired) electrons. The fourth-order valence-corrected chi connectivity index (χ4v) is 1.08. The Balaban J connectivity index is 3.13. The molecule has 2 heteroatoms. The summed E-state index contributed by atoms with van der Waals surface area (Å²) >= 11 is 0. The van der Waals surface area contributed by atoms with Gasteiger partial charge in [0.05, 0.1) is 0 Å². The lowest BCUT2D eigenvalue weighted by molar-refractivity contribution is 0.1000. The van der Waals surface area contributed by atoms with Gasteiger partial charge in [0.2, 0.25) is 5.91 Å². The topological polar surface area (TPSA) is 43.1 Å². The van der Waals surface area contributed by atoms with Crippen molar-refractivity contribution in [3.8, 4) is 0 Å². The Morgan fingerprint density at radius 2 is 2.08 bits per heavy atom. The molecule has 1 amide bonds. The monoisotopic (exact) mass is 176 g/mol. The Morgan fingerprint density at radius 3 is 2.54 bits per heavy atom. The third kappa shape index (κ3) is 2.31. The van der Waals surface area contributed by atoms with E-state index in [1.54, 1.807) is 12.1 Å². The van der Waals surface area contributed by atoms with Gasteiger partial charge in [-0.2, -0.15) is 0 Å². The summed E-state index contributed by atoms with van der Waals surface area (Å²) in [5.74, 6) is -0.425. The van der Waals surface area contributed by atoms with Crippen molar-refractivity contribution in [3.63, 3.8) is 0 Å². The quantitative estimate of drug-likeness (QED) is 0.697. The third-order valence-corrected chi connectivity index (χ3v) is 1.93. The van der Waals surface area contributed by atoms with Gasteiger partial charge in [0, 0.05) is 5.56 Å². The first-order chi connectivity index (χ1) is 5.91. The fourth-order valence-electron chi connectivity index (χ4n) is 1.08. The van der Waals surface area contributed by atoms with Crippen molar-refractivity contribution in [1.29, 1.82) is 0 Å². The van der Waals surface area contributed by atoms with E-state index in [-0.39, 0.29) is 5.41 Å². The van der Waals surface area contributed by atoms with Gasteiger partial charge in [0.15, 0.2) is 0 Å². The van der Waals surface area contributed by atoms with Gasteiger partial charge < -0.3 is 5.73 Å². The predicted molar refractivity (Wildman–Crippen MR) is 52.5 cm³/mol. The Bertz CT molecular complexity index is 323. The number of hydrogen-bond donors (Lipinski definition) is 1. The van der Waals surface area contributed by atoms with Crippen LogP contribution in [-0.4, -0.2) is 5.91 Å². The summed E-state index contributed by atoms with van der Waals surface area (Å²) in [7, 11) is 0. The van der Waals surface area contributed by atoms with E-state index in [0.29, 0.717) is 5.56 Å². The van der Waals surface area contributed by atoms with Crippen LogP contribution < -0.4 is 5.73 Å². The number of amides is 1. The maximum absolute atomic E-state index is 10.9. The van der Waals surface area contributed by atoms with Crippen LogP contribution in [0.3, 0.4) is 0 Å². The second-order valence-corrected chi connectivity index (χ2v) is 4.11. The smallest absolute Gasteiger partial charge is 0.249 e. The molecule has 0 aliphatic rings. The van der Waals surface area contributed by atoms with Crippen LogP contribution in [0.25, 0.3) is 0 Å². The van der Waals surface area contributed by atoms with Crippen molar-refractivity contribution in [2.24, 2.45) is 5.73 Å². The molecule has 0 saturated carbocycles. The van der Waals surface area contributed by atoms with Gasteiger partial charge in [0.1, 0.15) is 0 Å². The molecular weight excluding hydrogens is 162 g/mol. The molecule has 0 unspecified atom stereocenters. The molecule has 0 aliphatic heterocycles. The van der Waals surface area contributed by atoms with E-state index in [1.807, 2.05) is 6.07 Å². The van der Waals surface area contributed by atoms with Gasteiger partial charge in [-0.05, 0) is 23.1 Å². The van der Waals surface area contributed by atoms with Gasteiger partial charge in [-0.25, -0.2) is 0 Å². The maximum Gasteiger partial charge on any atom is 0.249 e. The number of hydrogen-bond acceptors (Lipinski definition) is 1. The molecule has 1 aromatic carbocycles. The van der Waals surface area contributed by atoms with Crippen LogP contribution in [0, 0.1) is 6.07 Å². The summed E-state index contributed by atoms with van der Waals surface area (Å²) in [5.41, 5.74) is 6.75. The van der Waals surface area contributed by atoms with Crippen LogP contribution in [0.5, 0.6) is 0 Å². The van der Waals surface area contributed by atoms with Crippen molar-refractivity contribution in [2.45, 2.75) is 26.2 Å². The average molecular weight is 176 g/mol. The Labute approximate surface area is 78.8 Å². The molecule has 2 N–H and O–H groups in total. The van der Waals surface area contributed by atoms with Gasteiger partial charge in [0.25, 0.3) is 0 Å². The molecule has 0 saturated heterocycles. The molecule has 0 atom stereocenters. The first-order valence-electron chi connectivity index (χ1n) is 4.23. The standard InChI is InChI=1S/C11H14NO/c1-11(2,3)9-6-4-5-8(7-9)10(12)13/h4,6-7H,1-3H3,(H2,12,13). The number of benzene rings is 1. The molecule has 0 aromatic heterocycles. The molecule has 69 valence electrons. The van der Waals surface area contributed by atoms with E-state index in [2.05, 4.69) is 26.8 Å². The summed E-state index contributed by atoms with van der Waals surface area (Å²) in [5, 5.41) is 0. The molecule has 1 rings (SSSR count). The molecule has 0 heterocycles. The van der Waals surface area contributed by atoms with Crippen LogP contribution in [0.1, 0.15) is 36.7 Å². The van der Waals surface area contributed by atoms with Gasteiger partial charge in [-0.3, -0.25) is 4.79 Å². The molecule has 1 aromatic rings. The minimum absolute atomic E-state index is 0.0410. The maximum atomic E-state index is 10.9. The normalized spacial score (nSPS) is 11.3. The van der Waals surface area contributed by atoms with Crippen LogP contribution in [0.2, 0.25) is 0 Å². The lowest BCUT2D eigenvalue weighted by Gasteiger charge is -2.19. The van der Waals surface area contributed by atoms with Gasteiger partial charge in [-0.15, -0.1) is 0 Å². The number of carbonyl (C=O) groups is 1. The molecule has 0 fully saturated rings. The summed E-state index contributed by atoms with van der Waals surface area (Å²) in [6.07, 6.45) is 0. The first kappa shape index (κ1) is 9.78. The van der Waals surface area contributed by atoms with Crippen LogP contribution in [0.15, 0.2) is 18.2 Å². The van der Waals surface area contributed by atoms with E-state index in [9.17, 15) is 4.79 Å². The summed E-state index contributed by atoms with van der Waals surface area (Å²) < 4.78 is 0. The molecule has 0 spiro atoms. The average Bonchev–Trinajstić information content (AvgIpc) is 2.03. The number of rotatable bonds is 1. The second kappa shape index (κ2) is 3.21. The Hall–Kier alpha value is -1.31. The zero-order chi connectivity index (χ0) is 10.1. The lowest BCUT2D eigenvalue weighted by Crippen LogP contribution is -2.15. The highest BCUT2D eigenvalue weighted by molar-refractivity contribution is 5.92. The minimum atomic E-state index is -0.425.